The number of unbranched alkanes of at least 4 members (excludes halogenated alkanes) is 1. The van der Waals surface area contributed by atoms with Crippen LogP contribution >= 0.6 is 0 Å². The predicted molar refractivity (Wildman–Crippen MR) is 115 cm³/mol. The smallest absolute Gasteiger partial charge is 0.251 e. The molecule has 0 aliphatic carbocycles. The summed E-state index contributed by atoms with van der Waals surface area (Å²) in [4.78, 5) is 12.6. The standard InChI is InChI=1S/C22H30N2O4S/c1-4-7-16-28-20-12-10-19(11-13-20)22(25)23-17-18-8-14-21(15-9-18)29(26,27)24(5-2)6-3/h8-15H,4-7,16-17H2,1-3H3,(H,23,25). The number of nitrogens with zero attached hydrogens (tertiary/aromatic N) is 1. The van der Waals surface area contributed by atoms with Crippen LogP contribution in [0.25, 0.3) is 0 Å². The van der Waals surface area contributed by atoms with Crippen LogP contribution in [0.2, 0.25) is 0 Å². The van der Waals surface area contributed by atoms with Crippen molar-refractivity contribution in [3.63, 3.8) is 0 Å². The zero-order valence-electron chi connectivity index (χ0n) is 17.3. The summed E-state index contributed by atoms with van der Waals surface area (Å²) < 4.78 is 32.0. The van der Waals surface area contributed by atoms with Crippen LogP contribution in [-0.2, 0) is 16.6 Å². The molecular formula is C22H30N2O4S. The first-order valence-electron chi connectivity index (χ1n) is 10.0. The van der Waals surface area contributed by atoms with Gasteiger partial charge in [-0.15, -0.1) is 0 Å². The second-order valence-corrected chi connectivity index (χ2v) is 8.58. The zero-order valence-corrected chi connectivity index (χ0v) is 18.2. The molecule has 0 spiro atoms. The van der Waals surface area contributed by atoms with Crippen LogP contribution < -0.4 is 10.1 Å². The van der Waals surface area contributed by atoms with Gasteiger partial charge in [0, 0.05) is 25.2 Å². The fraction of sp³-hybridized carbons (Fsp3) is 0.409. The summed E-state index contributed by atoms with van der Waals surface area (Å²) in [5.74, 6) is 0.560. The normalized spacial score (nSPS) is 11.4. The first kappa shape index (κ1) is 22.9. The van der Waals surface area contributed by atoms with E-state index in [9.17, 15) is 13.2 Å². The molecule has 0 aliphatic heterocycles. The van der Waals surface area contributed by atoms with E-state index in [1.165, 1.54) is 4.31 Å². The van der Waals surface area contributed by atoms with Crippen molar-refractivity contribution < 1.29 is 17.9 Å². The largest absolute Gasteiger partial charge is 0.494 e. The first-order chi connectivity index (χ1) is 13.9. The summed E-state index contributed by atoms with van der Waals surface area (Å²) in [5, 5.41) is 2.85. The molecule has 0 radical (unpaired) electrons. The van der Waals surface area contributed by atoms with Crippen molar-refractivity contribution in [3.05, 3.63) is 59.7 Å². The molecule has 0 unspecified atom stereocenters. The Morgan fingerprint density at radius 3 is 2.14 bits per heavy atom. The Bertz CT molecular complexity index is 874. The van der Waals surface area contributed by atoms with Crippen LogP contribution in [0.1, 0.15) is 49.5 Å². The minimum atomic E-state index is -3.47. The summed E-state index contributed by atoms with van der Waals surface area (Å²) in [6.45, 7) is 7.58. The maximum absolute atomic E-state index is 12.5. The highest BCUT2D eigenvalue weighted by molar-refractivity contribution is 7.89. The molecule has 0 aromatic heterocycles. The summed E-state index contributed by atoms with van der Waals surface area (Å²) in [5.41, 5.74) is 1.38. The maximum Gasteiger partial charge on any atom is 0.251 e. The number of carbonyl (C=O) groups is 1. The van der Waals surface area contributed by atoms with Gasteiger partial charge >= 0.3 is 0 Å². The molecule has 0 fully saturated rings. The molecule has 1 N–H and O–H groups in total. The van der Waals surface area contributed by atoms with Gasteiger partial charge in [0.25, 0.3) is 5.91 Å². The molecule has 2 aromatic rings. The van der Waals surface area contributed by atoms with E-state index in [0.717, 1.165) is 24.2 Å². The van der Waals surface area contributed by atoms with E-state index in [-0.39, 0.29) is 10.8 Å². The third kappa shape index (κ3) is 6.30. The van der Waals surface area contributed by atoms with Gasteiger partial charge in [0.1, 0.15) is 5.75 Å². The number of carbonyl (C=O) groups excluding carboxylic acids is 1. The van der Waals surface area contributed by atoms with Gasteiger partial charge < -0.3 is 10.1 Å². The van der Waals surface area contributed by atoms with E-state index in [4.69, 9.17) is 4.74 Å². The fourth-order valence-electron chi connectivity index (χ4n) is 2.81. The Kier molecular flexibility index (Phi) is 8.67. The average Bonchev–Trinajstić information content (AvgIpc) is 2.73. The molecule has 158 valence electrons. The molecule has 0 atom stereocenters. The molecule has 0 saturated heterocycles. The van der Waals surface area contributed by atoms with Crippen LogP contribution in [0, 0.1) is 0 Å². The number of hydrogen-bond acceptors (Lipinski definition) is 4. The lowest BCUT2D eigenvalue weighted by atomic mass is 10.2. The molecule has 1 amide bonds. The number of sulfonamides is 1. The van der Waals surface area contributed by atoms with Crippen LogP contribution in [-0.4, -0.2) is 38.3 Å². The molecule has 0 bridgehead atoms. The van der Waals surface area contributed by atoms with Crippen molar-refractivity contribution in [3.8, 4) is 5.75 Å². The fourth-order valence-corrected chi connectivity index (χ4v) is 4.27. The molecule has 29 heavy (non-hydrogen) atoms. The highest BCUT2D eigenvalue weighted by Crippen LogP contribution is 2.17. The number of benzene rings is 2. The van der Waals surface area contributed by atoms with Gasteiger partial charge in [-0.3, -0.25) is 4.79 Å². The molecule has 0 heterocycles. The SMILES string of the molecule is CCCCOc1ccc(C(=O)NCc2ccc(S(=O)(=O)N(CC)CC)cc2)cc1. The summed E-state index contributed by atoms with van der Waals surface area (Å²) in [6.07, 6.45) is 2.07. The van der Waals surface area contributed by atoms with Crippen molar-refractivity contribution in [2.24, 2.45) is 0 Å². The Morgan fingerprint density at radius 2 is 1.59 bits per heavy atom. The van der Waals surface area contributed by atoms with Gasteiger partial charge in [-0.1, -0.05) is 39.3 Å². The van der Waals surface area contributed by atoms with E-state index in [1.54, 1.807) is 48.5 Å². The molecule has 0 aliphatic rings. The van der Waals surface area contributed by atoms with E-state index >= 15 is 0 Å². The van der Waals surface area contributed by atoms with E-state index in [1.807, 2.05) is 13.8 Å². The van der Waals surface area contributed by atoms with E-state index < -0.39 is 10.0 Å². The lowest BCUT2D eigenvalue weighted by molar-refractivity contribution is 0.0951. The quantitative estimate of drug-likeness (QED) is 0.563. The van der Waals surface area contributed by atoms with Crippen LogP contribution in [0.5, 0.6) is 5.75 Å². The Morgan fingerprint density at radius 1 is 0.966 bits per heavy atom. The van der Waals surface area contributed by atoms with E-state index in [0.29, 0.717) is 31.8 Å². The summed E-state index contributed by atoms with van der Waals surface area (Å²) in [7, 11) is -3.47. The van der Waals surface area contributed by atoms with Gasteiger partial charge in [0.05, 0.1) is 11.5 Å². The minimum Gasteiger partial charge on any atom is -0.494 e. The van der Waals surface area contributed by atoms with Crippen molar-refractivity contribution in [1.29, 1.82) is 0 Å². The van der Waals surface area contributed by atoms with E-state index in [2.05, 4.69) is 12.2 Å². The number of rotatable bonds is 11. The van der Waals surface area contributed by atoms with Crippen molar-refractivity contribution in [1.82, 2.24) is 9.62 Å². The molecule has 2 aromatic carbocycles. The number of amides is 1. The highest BCUT2D eigenvalue weighted by atomic mass is 32.2. The van der Waals surface area contributed by atoms with Gasteiger partial charge in [-0.25, -0.2) is 8.42 Å². The monoisotopic (exact) mass is 418 g/mol. The lowest BCUT2D eigenvalue weighted by Crippen LogP contribution is -2.30. The molecular weight excluding hydrogens is 388 g/mol. The third-order valence-corrected chi connectivity index (χ3v) is 6.67. The molecule has 2 rings (SSSR count). The van der Waals surface area contributed by atoms with Gasteiger partial charge in [0.15, 0.2) is 0 Å². The second kappa shape index (κ2) is 11.0. The number of hydrogen-bond donors (Lipinski definition) is 1. The summed E-state index contributed by atoms with van der Waals surface area (Å²) >= 11 is 0. The first-order valence-corrected chi connectivity index (χ1v) is 11.5. The van der Waals surface area contributed by atoms with Gasteiger partial charge in [-0.05, 0) is 48.4 Å². The highest BCUT2D eigenvalue weighted by Gasteiger charge is 2.21. The number of nitrogens with one attached hydrogen (secondary N) is 1. The topological polar surface area (TPSA) is 75.7 Å². The third-order valence-electron chi connectivity index (χ3n) is 4.60. The van der Waals surface area contributed by atoms with Crippen molar-refractivity contribution in [2.75, 3.05) is 19.7 Å². The Balaban J connectivity index is 1.93. The second-order valence-electron chi connectivity index (χ2n) is 6.64. The van der Waals surface area contributed by atoms with Gasteiger partial charge in [-0.2, -0.15) is 4.31 Å². The minimum absolute atomic E-state index is 0.190. The maximum atomic E-state index is 12.5. The lowest BCUT2D eigenvalue weighted by Gasteiger charge is -2.18. The summed E-state index contributed by atoms with van der Waals surface area (Å²) in [6, 6.07) is 13.7. The average molecular weight is 419 g/mol. The molecule has 0 saturated carbocycles. The van der Waals surface area contributed by atoms with Crippen LogP contribution in [0.3, 0.4) is 0 Å². The predicted octanol–water partition coefficient (Wildman–Crippen LogP) is 3.83. The van der Waals surface area contributed by atoms with Crippen LogP contribution in [0.4, 0.5) is 0 Å². The Hall–Kier alpha value is -2.38. The molecule has 7 heteroatoms. The van der Waals surface area contributed by atoms with Crippen LogP contribution in [0.15, 0.2) is 53.4 Å². The Labute approximate surface area is 173 Å². The number of ether oxygens (including phenoxy) is 1. The molecule has 6 nitrogen and oxygen atoms in total. The van der Waals surface area contributed by atoms with Gasteiger partial charge in [0.2, 0.25) is 10.0 Å². The van der Waals surface area contributed by atoms with Crippen molar-refractivity contribution in [2.45, 2.75) is 45.1 Å². The zero-order chi connectivity index (χ0) is 21.3. The van der Waals surface area contributed by atoms with Crippen molar-refractivity contribution >= 4 is 15.9 Å².